The van der Waals surface area contributed by atoms with Crippen LogP contribution in [0.4, 0.5) is 5.82 Å². The van der Waals surface area contributed by atoms with Crippen molar-refractivity contribution in [2.45, 2.75) is 6.42 Å². The first-order valence-corrected chi connectivity index (χ1v) is 9.54. The second kappa shape index (κ2) is 7.91. The Labute approximate surface area is 143 Å². The fraction of sp³-hybridized carbons (Fsp3) is 0.600. The largest absolute Gasteiger partial charge is 0.365 e. The fourth-order valence-corrected chi connectivity index (χ4v) is 3.54. The molecule has 1 saturated heterocycles. The van der Waals surface area contributed by atoms with Crippen LogP contribution in [0.2, 0.25) is 0 Å². The van der Waals surface area contributed by atoms with Crippen LogP contribution in [-0.4, -0.2) is 81.1 Å². The summed E-state index contributed by atoms with van der Waals surface area (Å²) in [5.74, 6) is 0.306. The molecule has 24 heavy (non-hydrogen) atoms. The highest BCUT2D eigenvalue weighted by atomic mass is 32.2. The zero-order chi connectivity index (χ0) is 17.7. The van der Waals surface area contributed by atoms with Crippen LogP contribution in [0, 0.1) is 0 Å². The third kappa shape index (κ3) is 4.65. The minimum absolute atomic E-state index is 0.159. The van der Waals surface area contributed by atoms with Crippen LogP contribution in [0.3, 0.4) is 0 Å². The van der Waals surface area contributed by atoms with Gasteiger partial charge in [-0.05, 0) is 25.1 Å². The van der Waals surface area contributed by atoms with Gasteiger partial charge in [0.1, 0.15) is 5.82 Å². The normalized spacial score (nSPS) is 16.5. The van der Waals surface area contributed by atoms with Crippen LogP contribution < -0.4 is 10.6 Å². The second-order valence-electron chi connectivity index (χ2n) is 6.02. The number of carbonyl (C=O) groups is 1. The Hall–Kier alpha value is -1.71. The van der Waals surface area contributed by atoms with E-state index in [0.29, 0.717) is 17.8 Å². The fourth-order valence-electron chi connectivity index (χ4n) is 2.68. The predicted octanol–water partition coefficient (Wildman–Crippen LogP) is -0.416. The predicted molar refractivity (Wildman–Crippen MR) is 93.5 cm³/mol. The number of piperazine rings is 1. The molecule has 1 aliphatic rings. The molecule has 0 unspecified atom stereocenters. The van der Waals surface area contributed by atoms with Gasteiger partial charge >= 0.3 is 0 Å². The summed E-state index contributed by atoms with van der Waals surface area (Å²) in [6.45, 7) is 3.81. The summed E-state index contributed by atoms with van der Waals surface area (Å²) in [7, 11) is -0.0273. The van der Waals surface area contributed by atoms with Gasteiger partial charge in [0.05, 0.1) is 11.3 Å². The van der Waals surface area contributed by atoms with E-state index < -0.39 is 15.9 Å². The van der Waals surface area contributed by atoms with Gasteiger partial charge in [-0.2, -0.15) is 0 Å². The number of hydrogen-bond donors (Lipinski definition) is 1. The summed E-state index contributed by atoms with van der Waals surface area (Å²) < 4.78 is 24.8. The highest BCUT2D eigenvalue weighted by Gasteiger charge is 2.22. The van der Waals surface area contributed by atoms with Crippen molar-refractivity contribution in [1.29, 1.82) is 0 Å². The van der Waals surface area contributed by atoms with E-state index in [-0.39, 0.29) is 5.75 Å². The summed E-state index contributed by atoms with van der Waals surface area (Å²) in [5, 5.41) is 0. The van der Waals surface area contributed by atoms with E-state index in [1.165, 1.54) is 4.31 Å². The van der Waals surface area contributed by atoms with Crippen molar-refractivity contribution in [1.82, 2.24) is 14.2 Å². The quantitative estimate of drug-likeness (QED) is 0.713. The number of aromatic nitrogens is 1. The molecule has 1 fully saturated rings. The van der Waals surface area contributed by atoms with Crippen LogP contribution in [0.25, 0.3) is 0 Å². The van der Waals surface area contributed by atoms with Gasteiger partial charge in [0.2, 0.25) is 10.0 Å². The van der Waals surface area contributed by atoms with Gasteiger partial charge in [0.15, 0.2) is 0 Å². The molecular formula is C15H25N5O3S. The lowest BCUT2D eigenvalue weighted by Crippen LogP contribution is -2.47. The lowest BCUT2D eigenvalue weighted by atomic mass is 10.2. The first-order chi connectivity index (χ1) is 11.3. The van der Waals surface area contributed by atoms with Crippen LogP contribution in [0.1, 0.15) is 16.8 Å². The first-order valence-electron chi connectivity index (χ1n) is 7.93. The zero-order valence-electron chi connectivity index (χ0n) is 14.2. The number of hydrogen-bond acceptors (Lipinski definition) is 6. The highest BCUT2D eigenvalue weighted by molar-refractivity contribution is 7.89. The minimum Gasteiger partial charge on any atom is -0.365 e. The Morgan fingerprint density at radius 3 is 2.54 bits per heavy atom. The monoisotopic (exact) mass is 355 g/mol. The summed E-state index contributed by atoms with van der Waals surface area (Å²) in [6.07, 6.45) is 2.26. The van der Waals surface area contributed by atoms with Crippen molar-refractivity contribution in [2.24, 2.45) is 5.73 Å². The average molecular weight is 355 g/mol. The molecular weight excluding hydrogens is 330 g/mol. The van der Waals surface area contributed by atoms with Gasteiger partial charge in [-0.3, -0.25) is 9.69 Å². The summed E-state index contributed by atoms with van der Waals surface area (Å²) >= 11 is 0. The molecule has 9 heteroatoms. The van der Waals surface area contributed by atoms with Crippen LogP contribution in [0.5, 0.6) is 0 Å². The molecule has 1 aromatic rings. The SMILES string of the molecule is CN(C)S(=O)(=O)CCCN1CCN(c2ncccc2C(N)=O)CC1. The molecule has 2 rings (SSSR count). The van der Waals surface area contributed by atoms with E-state index in [1.54, 1.807) is 32.4 Å². The average Bonchev–Trinajstić information content (AvgIpc) is 2.55. The molecule has 0 atom stereocenters. The van der Waals surface area contributed by atoms with Gasteiger partial charge in [-0.1, -0.05) is 0 Å². The smallest absolute Gasteiger partial charge is 0.252 e. The van der Waals surface area contributed by atoms with Crippen molar-refractivity contribution in [3.63, 3.8) is 0 Å². The third-order valence-corrected chi connectivity index (χ3v) is 6.07. The van der Waals surface area contributed by atoms with Gasteiger partial charge in [0, 0.05) is 46.5 Å². The van der Waals surface area contributed by atoms with Gasteiger partial charge < -0.3 is 10.6 Å². The van der Waals surface area contributed by atoms with Crippen LogP contribution in [-0.2, 0) is 10.0 Å². The van der Waals surface area contributed by atoms with E-state index in [0.717, 1.165) is 32.7 Å². The zero-order valence-corrected chi connectivity index (χ0v) is 15.0. The van der Waals surface area contributed by atoms with Crippen molar-refractivity contribution in [3.05, 3.63) is 23.9 Å². The van der Waals surface area contributed by atoms with E-state index in [1.807, 2.05) is 4.90 Å². The molecule has 1 aromatic heterocycles. The summed E-state index contributed by atoms with van der Waals surface area (Å²) in [5.41, 5.74) is 5.84. The van der Waals surface area contributed by atoms with Crippen molar-refractivity contribution in [2.75, 3.05) is 57.5 Å². The maximum absolute atomic E-state index is 11.8. The molecule has 1 aliphatic heterocycles. The van der Waals surface area contributed by atoms with E-state index in [2.05, 4.69) is 9.88 Å². The van der Waals surface area contributed by atoms with E-state index in [9.17, 15) is 13.2 Å². The molecule has 0 aliphatic carbocycles. The molecule has 8 nitrogen and oxygen atoms in total. The maximum atomic E-state index is 11.8. The first kappa shape index (κ1) is 18.6. The number of amides is 1. The standard InChI is InChI=1S/C15H25N5O3S/c1-18(2)24(22,23)12-4-7-19-8-10-20(11-9-19)15-13(14(16)21)5-3-6-17-15/h3,5-6H,4,7-12H2,1-2H3,(H2,16,21). The molecule has 134 valence electrons. The number of primary amides is 1. The Morgan fingerprint density at radius 2 is 1.96 bits per heavy atom. The minimum atomic E-state index is -3.13. The van der Waals surface area contributed by atoms with Crippen LogP contribution >= 0.6 is 0 Å². The molecule has 1 amide bonds. The molecule has 0 radical (unpaired) electrons. The molecule has 2 N–H and O–H groups in total. The van der Waals surface area contributed by atoms with E-state index in [4.69, 9.17) is 5.73 Å². The topological polar surface area (TPSA) is 99.8 Å². The Kier molecular flexibility index (Phi) is 6.14. The number of pyridine rings is 1. The maximum Gasteiger partial charge on any atom is 0.252 e. The van der Waals surface area contributed by atoms with Crippen molar-refractivity contribution >= 4 is 21.7 Å². The van der Waals surface area contributed by atoms with Gasteiger partial charge in [-0.25, -0.2) is 17.7 Å². The van der Waals surface area contributed by atoms with E-state index >= 15 is 0 Å². The van der Waals surface area contributed by atoms with Crippen molar-refractivity contribution in [3.8, 4) is 0 Å². The van der Waals surface area contributed by atoms with Crippen molar-refractivity contribution < 1.29 is 13.2 Å². The third-order valence-electron chi connectivity index (χ3n) is 4.16. The molecule has 0 bridgehead atoms. The summed E-state index contributed by atoms with van der Waals surface area (Å²) in [6, 6.07) is 3.38. The number of nitrogens with two attached hydrogens (primary N) is 1. The molecule has 0 saturated carbocycles. The molecule has 0 aromatic carbocycles. The number of rotatable bonds is 7. The highest BCUT2D eigenvalue weighted by Crippen LogP contribution is 2.18. The summed E-state index contributed by atoms with van der Waals surface area (Å²) in [4.78, 5) is 20.1. The lowest BCUT2D eigenvalue weighted by Gasteiger charge is -2.36. The lowest BCUT2D eigenvalue weighted by molar-refractivity contribution is 0.1000. The van der Waals surface area contributed by atoms with Gasteiger partial charge in [-0.15, -0.1) is 0 Å². The Morgan fingerprint density at radius 1 is 1.29 bits per heavy atom. The molecule has 0 spiro atoms. The molecule has 2 heterocycles. The van der Waals surface area contributed by atoms with Gasteiger partial charge in [0.25, 0.3) is 5.91 Å². The Bertz CT molecular complexity index is 669. The number of nitrogens with zero attached hydrogens (tertiary/aromatic N) is 4. The second-order valence-corrected chi connectivity index (χ2v) is 8.32. The van der Waals surface area contributed by atoms with Crippen LogP contribution in [0.15, 0.2) is 18.3 Å². The number of anilines is 1. The number of carbonyl (C=O) groups excluding carboxylic acids is 1. The number of sulfonamides is 1. The Balaban J connectivity index is 1.85.